The van der Waals surface area contributed by atoms with Gasteiger partial charge in [-0.15, -0.1) is 0 Å². The summed E-state index contributed by atoms with van der Waals surface area (Å²) >= 11 is 0. The van der Waals surface area contributed by atoms with Gasteiger partial charge in [0.1, 0.15) is 5.82 Å². The fourth-order valence-electron chi connectivity index (χ4n) is 4.06. The number of sulfonamides is 1. The monoisotopic (exact) mass is 430 g/mol. The van der Waals surface area contributed by atoms with Gasteiger partial charge in [0.25, 0.3) is 5.91 Å². The Morgan fingerprint density at radius 3 is 2.40 bits per heavy atom. The third kappa shape index (κ3) is 4.27. The van der Waals surface area contributed by atoms with Gasteiger partial charge in [-0.2, -0.15) is 4.31 Å². The standard InChI is InChI=1S/C23H27FN2O3S/c1-17-6-4-5-15-26(17)30(28,29)21-13-9-18(10-14-21)23(27)25(20-11-12-20)16-19-7-2-3-8-22(19)24/h2-3,7-10,13-14,17,20H,4-6,11-12,15-16H2,1H3. The third-order valence-electron chi connectivity index (χ3n) is 6.00. The lowest BCUT2D eigenvalue weighted by molar-refractivity contribution is 0.0728. The average Bonchev–Trinajstić information content (AvgIpc) is 3.58. The minimum Gasteiger partial charge on any atom is -0.331 e. The molecule has 30 heavy (non-hydrogen) atoms. The molecule has 0 bridgehead atoms. The van der Waals surface area contributed by atoms with Gasteiger partial charge < -0.3 is 4.90 Å². The Morgan fingerprint density at radius 1 is 1.07 bits per heavy atom. The van der Waals surface area contributed by atoms with Crippen LogP contribution in [0.4, 0.5) is 4.39 Å². The van der Waals surface area contributed by atoms with E-state index in [0.29, 0.717) is 17.7 Å². The maximum Gasteiger partial charge on any atom is 0.254 e. The van der Waals surface area contributed by atoms with E-state index in [2.05, 4.69) is 0 Å². The summed E-state index contributed by atoms with van der Waals surface area (Å²) in [6, 6.07) is 12.7. The molecular weight excluding hydrogens is 403 g/mol. The van der Waals surface area contributed by atoms with Crippen LogP contribution in [0.2, 0.25) is 0 Å². The lowest BCUT2D eigenvalue weighted by atomic mass is 10.1. The van der Waals surface area contributed by atoms with Crippen molar-refractivity contribution in [2.75, 3.05) is 6.54 Å². The normalized spacial score (nSPS) is 20.1. The average molecular weight is 431 g/mol. The first-order valence-electron chi connectivity index (χ1n) is 10.5. The van der Waals surface area contributed by atoms with Crippen molar-refractivity contribution in [1.29, 1.82) is 0 Å². The number of rotatable bonds is 6. The molecule has 7 heteroatoms. The number of carbonyl (C=O) groups is 1. The van der Waals surface area contributed by atoms with Crippen LogP contribution in [0.15, 0.2) is 53.4 Å². The third-order valence-corrected chi connectivity index (χ3v) is 8.02. The summed E-state index contributed by atoms with van der Waals surface area (Å²) in [6.07, 6.45) is 4.58. The van der Waals surface area contributed by atoms with Crippen molar-refractivity contribution >= 4 is 15.9 Å². The van der Waals surface area contributed by atoms with Crippen LogP contribution in [-0.2, 0) is 16.6 Å². The summed E-state index contributed by atoms with van der Waals surface area (Å²) in [5.74, 6) is -0.524. The highest BCUT2D eigenvalue weighted by Gasteiger charge is 2.34. The van der Waals surface area contributed by atoms with E-state index in [0.717, 1.165) is 32.1 Å². The molecule has 1 heterocycles. The van der Waals surface area contributed by atoms with Crippen LogP contribution < -0.4 is 0 Å². The quantitative estimate of drug-likeness (QED) is 0.690. The minimum absolute atomic E-state index is 0.0174. The van der Waals surface area contributed by atoms with Crippen LogP contribution in [0, 0.1) is 5.82 Å². The van der Waals surface area contributed by atoms with E-state index in [4.69, 9.17) is 0 Å². The maximum absolute atomic E-state index is 14.1. The molecule has 5 nitrogen and oxygen atoms in total. The summed E-state index contributed by atoms with van der Waals surface area (Å²) in [4.78, 5) is 15.0. The van der Waals surface area contributed by atoms with Gasteiger partial charge in [-0.3, -0.25) is 4.79 Å². The van der Waals surface area contributed by atoms with Crippen molar-refractivity contribution in [3.05, 3.63) is 65.5 Å². The Kier molecular flexibility index (Phi) is 5.93. The second kappa shape index (κ2) is 8.47. The number of benzene rings is 2. The van der Waals surface area contributed by atoms with Gasteiger partial charge in [0.05, 0.1) is 4.90 Å². The predicted molar refractivity (Wildman–Crippen MR) is 113 cm³/mol. The van der Waals surface area contributed by atoms with E-state index in [1.54, 1.807) is 39.5 Å². The van der Waals surface area contributed by atoms with Gasteiger partial charge in [0.15, 0.2) is 0 Å². The van der Waals surface area contributed by atoms with E-state index in [9.17, 15) is 17.6 Å². The van der Waals surface area contributed by atoms with Gasteiger partial charge in [0.2, 0.25) is 10.0 Å². The molecule has 1 aliphatic carbocycles. The SMILES string of the molecule is CC1CCCCN1S(=O)(=O)c1ccc(C(=O)N(Cc2ccccc2F)C2CC2)cc1. The first-order chi connectivity index (χ1) is 14.4. The Hall–Kier alpha value is -2.25. The van der Waals surface area contributed by atoms with Gasteiger partial charge in [-0.25, -0.2) is 12.8 Å². The van der Waals surface area contributed by atoms with Crippen LogP contribution >= 0.6 is 0 Å². The first-order valence-corrected chi connectivity index (χ1v) is 12.0. The smallest absolute Gasteiger partial charge is 0.254 e. The Balaban J connectivity index is 1.54. The zero-order valence-corrected chi connectivity index (χ0v) is 17.9. The number of piperidine rings is 1. The van der Waals surface area contributed by atoms with Crippen LogP contribution in [0.3, 0.4) is 0 Å². The summed E-state index contributed by atoms with van der Waals surface area (Å²) in [7, 11) is -3.57. The fourth-order valence-corrected chi connectivity index (χ4v) is 5.76. The van der Waals surface area contributed by atoms with E-state index in [-0.39, 0.29) is 35.2 Å². The molecule has 1 saturated carbocycles. The van der Waals surface area contributed by atoms with Crippen LogP contribution in [0.5, 0.6) is 0 Å². The molecule has 4 rings (SSSR count). The Morgan fingerprint density at radius 2 is 1.77 bits per heavy atom. The Bertz CT molecular complexity index is 1020. The highest BCUT2D eigenvalue weighted by Crippen LogP contribution is 2.31. The predicted octanol–water partition coefficient (Wildman–Crippen LogP) is 4.19. The number of halogens is 1. The van der Waals surface area contributed by atoms with Crippen LogP contribution in [0.25, 0.3) is 0 Å². The number of amides is 1. The number of hydrogen-bond donors (Lipinski definition) is 0. The van der Waals surface area contributed by atoms with Crippen molar-refractivity contribution in [3.8, 4) is 0 Å². The summed E-state index contributed by atoms with van der Waals surface area (Å²) < 4.78 is 41.6. The second-order valence-electron chi connectivity index (χ2n) is 8.24. The van der Waals surface area contributed by atoms with Crippen LogP contribution in [0.1, 0.15) is 54.9 Å². The molecule has 1 atom stereocenters. The van der Waals surface area contributed by atoms with Gasteiger partial charge >= 0.3 is 0 Å². The van der Waals surface area contributed by atoms with E-state index < -0.39 is 10.0 Å². The first kappa shape index (κ1) is 21.0. The molecule has 0 aromatic heterocycles. The van der Waals surface area contributed by atoms with Crippen LogP contribution in [-0.4, -0.2) is 42.2 Å². The van der Waals surface area contributed by atoms with E-state index in [1.807, 2.05) is 6.92 Å². The van der Waals surface area contributed by atoms with Crippen molar-refractivity contribution in [2.45, 2.75) is 62.6 Å². The highest BCUT2D eigenvalue weighted by molar-refractivity contribution is 7.89. The molecule has 1 amide bonds. The molecule has 1 aliphatic heterocycles. The molecule has 1 saturated heterocycles. The summed E-state index contributed by atoms with van der Waals surface area (Å²) in [5.41, 5.74) is 0.903. The summed E-state index contributed by atoms with van der Waals surface area (Å²) in [5, 5.41) is 0. The molecule has 160 valence electrons. The largest absolute Gasteiger partial charge is 0.331 e. The Labute approximate surface area is 177 Å². The number of hydrogen-bond acceptors (Lipinski definition) is 3. The molecule has 1 unspecified atom stereocenters. The minimum atomic E-state index is -3.57. The molecule has 0 radical (unpaired) electrons. The van der Waals surface area contributed by atoms with Gasteiger partial charge in [0, 0.05) is 36.3 Å². The number of nitrogens with zero attached hydrogens (tertiary/aromatic N) is 2. The highest BCUT2D eigenvalue weighted by atomic mass is 32.2. The summed E-state index contributed by atoms with van der Waals surface area (Å²) in [6.45, 7) is 2.68. The molecule has 2 fully saturated rings. The van der Waals surface area contributed by atoms with Crippen molar-refractivity contribution in [2.24, 2.45) is 0 Å². The van der Waals surface area contributed by atoms with E-state index >= 15 is 0 Å². The zero-order chi connectivity index (χ0) is 21.3. The second-order valence-corrected chi connectivity index (χ2v) is 10.1. The molecule has 0 spiro atoms. The van der Waals surface area contributed by atoms with Gasteiger partial charge in [-0.05, 0) is 62.9 Å². The number of carbonyl (C=O) groups excluding carboxylic acids is 1. The molecule has 2 aromatic carbocycles. The topological polar surface area (TPSA) is 57.7 Å². The maximum atomic E-state index is 14.1. The molecule has 0 N–H and O–H groups in total. The molecular formula is C23H27FN2O3S. The lowest BCUT2D eigenvalue weighted by Gasteiger charge is -2.32. The van der Waals surface area contributed by atoms with Crippen molar-refractivity contribution in [3.63, 3.8) is 0 Å². The molecule has 2 aromatic rings. The van der Waals surface area contributed by atoms with Crippen molar-refractivity contribution in [1.82, 2.24) is 9.21 Å². The van der Waals surface area contributed by atoms with E-state index in [1.165, 1.54) is 18.2 Å². The molecule has 2 aliphatic rings. The zero-order valence-electron chi connectivity index (χ0n) is 17.1. The van der Waals surface area contributed by atoms with Gasteiger partial charge in [-0.1, -0.05) is 24.6 Å². The lowest BCUT2D eigenvalue weighted by Crippen LogP contribution is -2.41. The van der Waals surface area contributed by atoms with Crippen molar-refractivity contribution < 1.29 is 17.6 Å². The fraction of sp³-hybridized carbons (Fsp3) is 0.435.